The molecule has 0 aromatic heterocycles. The fourth-order valence-electron chi connectivity index (χ4n) is 3.18. The number of fused-ring (bicyclic) bond motifs is 4. The van der Waals surface area contributed by atoms with Crippen molar-refractivity contribution in [1.29, 1.82) is 0 Å². The summed E-state index contributed by atoms with van der Waals surface area (Å²) in [7, 11) is 0. The van der Waals surface area contributed by atoms with E-state index >= 15 is 0 Å². The highest BCUT2D eigenvalue weighted by Crippen LogP contribution is 2.41. The minimum Gasteiger partial charge on any atom is -0.349 e. The van der Waals surface area contributed by atoms with Crippen LogP contribution >= 0.6 is 0 Å². The van der Waals surface area contributed by atoms with Crippen LogP contribution in [-0.2, 0) is 11.2 Å². The molecular weight excluding hydrogens is 198 g/mol. The van der Waals surface area contributed by atoms with Gasteiger partial charge in [0.25, 0.3) is 0 Å². The van der Waals surface area contributed by atoms with Crippen LogP contribution in [0.5, 0.6) is 0 Å². The first kappa shape index (κ1) is 9.88. The zero-order chi connectivity index (χ0) is 11.1. The van der Waals surface area contributed by atoms with Gasteiger partial charge in [-0.3, -0.25) is 4.79 Å². The fourth-order valence-corrected chi connectivity index (χ4v) is 3.18. The molecule has 2 nitrogen and oxygen atoms in total. The summed E-state index contributed by atoms with van der Waals surface area (Å²) in [5, 5.41) is 3.18. The molecule has 1 saturated heterocycles. The number of carbonyl (C=O) groups is 1. The van der Waals surface area contributed by atoms with Gasteiger partial charge in [-0.05, 0) is 35.8 Å². The Morgan fingerprint density at radius 2 is 2.12 bits per heavy atom. The Morgan fingerprint density at radius 1 is 1.31 bits per heavy atom. The quantitative estimate of drug-likeness (QED) is 0.707. The van der Waals surface area contributed by atoms with E-state index in [1.165, 1.54) is 11.1 Å². The molecule has 1 amide bonds. The summed E-state index contributed by atoms with van der Waals surface area (Å²) in [6, 6.07) is 8.78. The first-order valence-electron chi connectivity index (χ1n) is 6.13. The van der Waals surface area contributed by atoms with E-state index in [9.17, 15) is 4.79 Å². The largest absolute Gasteiger partial charge is 0.349 e. The third-order valence-electron chi connectivity index (χ3n) is 4.20. The summed E-state index contributed by atoms with van der Waals surface area (Å²) >= 11 is 0. The molecule has 1 fully saturated rings. The van der Waals surface area contributed by atoms with E-state index in [1.54, 1.807) is 0 Å². The second-order valence-electron chi connectivity index (χ2n) is 5.11. The number of rotatable bonds is 0. The maximum absolute atomic E-state index is 11.7. The van der Waals surface area contributed by atoms with Gasteiger partial charge in [0.05, 0.1) is 6.04 Å². The van der Waals surface area contributed by atoms with Gasteiger partial charge in [-0.25, -0.2) is 0 Å². The van der Waals surface area contributed by atoms with E-state index in [1.807, 2.05) is 0 Å². The minimum atomic E-state index is 0.219. The average molecular weight is 215 g/mol. The van der Waals surface area contributed by atoms with Crippen LogP contribution in [-0.4, -0.2) is 5.91 Å². The van der Waals surface area contributed by atoms with E-state index in [0.717, 1.165) is 12.8 Å². The number of hydrogen-bond acceptors (Lipinski definition) is 1. The topological polar surface area (TPSA) is 29.1 Å². The Kier molecular flexibility index (Phi) is 2.23. The van der Waals surface area contributed by atoms with Gasteiger partial charge in [0, 0.05) is 6.42 Å². The molecule has 1 aliphatic heterocycles. The van der Waals surface area contributed by atoms with Crippen molar-refractivity contribution in [3.63, 3.8) is 0 Å². The Labute approximate surface area is 96.1 Å². The number of nitrogens with one attached hydrogen (secondary N) is 1. The number of benzene rings is 1. The predicted molar refractivity (Wildman–Crippen MR) is 62.9 cm³/mol. The highest BCUT2D eigenvalue weighted by atomic mass is 16.1. The molecule has 84 valence electrons. The lowest BCUT2D eigenvalue weighted by atomic mass is 9.73. The van der Waals surface area contributed by atoms with E-state index in [2.05, 4.69) is 36.5 Å². The number of carbonyl (C=O) groups excluding carboxylic acids is 1. The smallest absolute Gasteiger partial charge is 0.220 e. The zero-order valence-corrected chi connectivity index (χ0v) is 9.57. The molecule has 1 aromatic rings. The van der Waals surface area contributed by atoms with Gasteiger partial charge in [0.1, 0.15) is 0 Å². The van der Waals surface area contributed by atoms with Crippen molar-refractivity contribution in [1.82, 2.24) is 5.32 Å². The van der Waals surface area contributed by atoms with Gasteiger partial charge < -0.3 is 5.32 Å². The molecule has 1 N–H and O–H groups in total. The van der Waals surface area contributed by atoms with Crippen LogP contribution in [0.4, 0.5) is 0 Å². The Bertz CT molecular complexity index is 426. The third-order valence-corrected chi connectivity index (χ3v) is 4.20. The second kappa shape index (κ2) is 3.62. The van der Waals surface area contributed by atoms with Crippen molar-refractivity contribution in [3.8, 4) is 0 Å². The van der Waals surface area contributed by atoms with Crippen molar-refractivity contribution in [2.75, 3.05) is 0 Å². The summed E-state index contributed by atoms with van der Waals surface area (Å²) in [5.74, 6) is 1.45. The molecule has 1 aliphatic carbocycles. The SMILES string of the molecule is C[C@@H]1C2CCC(=O)N[C@H]1c1ccccc1C2. The highest BCUT2D eigenvalue weighted by Gasteiger charge is 2.36. The second-order valence-corrected chi connectivity index (χ2v) is 5.11. The molecule has 0 saturated carbocycles. The highest BCUT2D eigenvalue weighted by molar-refractivity contribution is 5.77. The van der Waals surface area contributed by atoms with Crippen LogP contribution in [0.1, 0.15) is 36.9 Å². The maximum atomic E-state index is 11.7. The summed E-state index contributed by atoms with van der Waals surface area (Å²) in [4.78, 5) is 11.7. The van der Waals surface area contributed by atoms with Crippen LogP contribution in [0.2, 0.25) is 0 Å². The number of hydrogen-bond donors (Lipinski definition) is 1. The molecule has 2 bridgehead atoms. The van der Waals surface area contributed by atoms with Crippen LogP contribution < -0.4 is 5.32 Å². The predicted octanol–water partition coefficient (Wildman–Crippen LogP) is 2.45. The van der Waals surface area contributed by atoms with Crippen LogP contribution in [0, 0.1) is 11.8 Å². The fraction of sp³-hybridized carbons (Fsp3) is 0.500. The van der Waals surface area contributed by atoms with Crippen molar-refractivity contribution in [2.45, 2.75) is 32.2 Å². The molecule has 16 heavy (non-hydrogen) atoms. The van der Waals surface area contributed by atoms with Gasteiger partial charge in [0.15, 0.2) is 0 Å². The standard InChI is InChI=1S/C14H17NO/c1-9-10-6-7-13(16)15-14(9)12-5-3-2-4-11(12)8-10/h2-5,9-10,14H,6-8H2,1H3,(H,15,16)/t9-,10?,14-/m1/s1. The molecule has 2 aliphatic rings. The molecule has 0 spiro atoms. The normalized spacial score (nSPS) is 32.6. The Hall–Kier alpha value is -1.31. The average Bonchev–Trinajstić information content (AvgIpc) is 2.39. The Balaban J connectivity index is 2.07. The molecule has 1 unspecified atom stereocenters. The van der Waals surface area contributed by atoms with E-state index in [4.69, 9.17) is 0 Å². The van der Waals surface area contributed by atoms with Gasteiger partial charge >= 0.3 is 0 Å². The lowest BCUT2D eigenvalue weighted by Gasteiger charge is -2.35. The summed E-state index contributed by atoms with van der Waals surface area (Å²) in [6.07, 6.45) is 2.88. The van der Waals surface area contributed by atoms with E-state index in [-0.39, 0.29) is 11.9 Å². The zero-order valence-electron chi connectivity index (χ0n) is 9.57. The molecule has 1 aromatic carbocycles. The molecule has 3 atom stereocenters. The van der Waals surface area contributed by atoms with E-state index < -0.39 is 0 Å². The molecule has 3 rings (SSSR count). The first-order chi connectivity index (χ1) is 7.75. The van der Waals surface area contributed by atoms with Crippen LogP contribution in [0.3, 0.4) is 0 Å². The monoisotopic (exact) mass is 215 g/mol. The van der Waals surface area contributed by atoms with Crippen molar-refractivity contribution < 1.29 is 4.79 Å². The third kappa shape index (κ3) is 1.44. The molecular formula is C14H17NO. The van der Waals surface area contributed by atoms with Gasteiger partial charge in [-0.15, -0.1) is 0 Å². The first-order valence-corrected chi connectivity index (χ1v) is 6.13. The maximum Gasteiger partial charge on any atom is 0.220 e. The van der Waals surface area contributed by atoms with Gasteiger partial charge in [-0.1, -0.05) is 31.2 Å². The van der Waals surface area contributed by atoms with Crippen LogP contribution in [0.15, 0.2) is 24.3 Å². The molecule has 1 heterocycles. The lowest BCUT2D eigenvalue weighted by molar-refractivity contribution is -0.121. The molecule has 0 radical (unpaired) electrons. The van der Waals surface area contributed by atoms with Crippen LogP contribution in [0.25, 0.3) is 0 Å². The van der Waals surface area contributed by atoms with Gasteiger partial charge in [0.2, 0.25) is 5.91 Å². The van der Waals surface area contributed by atoms with Crippen molar-refractivity contribution >= 4 is 5.91 Å². The van der Waals surface area contributed by atoms with Crippen molar-refractivity contribution in [2.24, 2.45) is 11.8 Å². The minimum absolute atomic E-state index is 0.219. The van der Waals surface area contributed by atoms with Crippen molar-refractivity contribution in [3.05, 3.63) is 35.4 Å². The molecule has 2 heteroatoms. The Morgan fingerprint density at radius 3 is 3.00 bits per heavy atom. The van der Waals surface area contributed by atoms with E-state index in [0.29, 0.717) is 18.3 Å². The summed E-state index contributed by atoms with van der Waals surface area (Å²) in [5.41, 5.74) is 2.76. The van der Waals surface area contributed by atoms with Gasteiger partial charge in [-0.2, -0.15) is 0 Å². The summed E-state index contributed by atoms with van der Waals surface area (Å²) < 4.78 is 0. The number of amides is 1. The lowest BCUT2D eigenvalue weighted by Crippen LogP contribution is -2.35. The summed E-state index contributed by atoms with van der Waals surface area (Å²) in [6.45, 7) is 2.27.